The number of hydrogen-bond donors (Lipinski definition) is 3. The predicted octanol–water partition coefficient (Wildman–Crippen LogP) is 1.19. The fourth-order valence-corrected chi connectivity index (χ4v) is 1.60. The molecule has 1 aromatic carbocycles. The molecular weight excluding hydrogens is 230 g/mol. The molecule has 0 atom stereocenters. The normalized spacial score (nSPS) is 14.7. The van der Waals surface area contributed by atoms with E-state index >= 15 is 0 Å². The number of benzene rings is 1. The third kappa shape index (κ3) is 3.07. The summed E-state index contributed by atoms with van der Waals surface area (Å²) in [5.74, 6) is 0.0934. The van der Waals surface area contributed by atoms with Gasteiger partial charge < -0.3 is 16.0 Å². The molecule has 0 saturated carbocycles. The van der Waals surface area contributed by atoms with Crippen LogP contribution in [0, 0.1) is 5.92 Å². The van der Waals surface area contributed by atoms with Crippen LogP contribution in [-0.2, 0) is 9.59 Å². The highest BCUT2D eigenvalue weighted by Gasteiger charge is 2.24. The quantitative estimate of drug-likeness (QED) is 0.748. The Balaban J connectivity index is 1.90. The van der Waals surface area contributed by atoms with Crippen LogP contribution in [0.15, 0.2) is 24.3 Å². The first-order valence-corrected chi connectivity index (χ1v) is 6.10. The minimum atomic E-state index is -0.0210. The molecule has 1 aromatic rings. The van der Waals surface area contributed by atoms with E-state index in [0.29, 0.717) is 6.42 Å². The smallest absolute Gasteiger partial charge is 0.230 e. The van der Waals surface area contributed by atoms with Crippen molar-refractivity contribution in [2.45, 2.75) is 13.3 Å². The van der Waals surface area contributed by atoms with Crippen LogP contribution in [0.5, 0.6) is 0 Å². The Morgan fingerprint density at radius 2 is 1.72 bits per heavy atom. The van der Waals surface area contributed by atoms with Crippen LogP contribution >= 0.6 is 0 Å². The van der Waals surface area contributed by atoms with Gasteiger partial charge in [-0.1, -0.05) is 6.92 Å². The van der Waals surface area contributed by atoms with Crippen LogP contribution in [0.2, 0.25) is 0 Å². The van der Waals surface area contributed by atoms with E-state index in [-0.39, 0.29) is 17.7 Å². The lowest BCUT2D eigenvalue weighted by Crippen LogP contribution is -2.48. The summed E-state index contributed by atoms with van der Waals surface area (Å²) in [6, 6.07) is 7.13. The van der Waals surface area contributed by atoms with Gasteiger partial charge in [0.2, 0.25) is 11.8 Å². The summed E-state index contributed by atoms with van der Waals surface area (Å²) in [6.07, 6.45) is 0.452. The number of rotatable bonds is 4. The molecule has 3 N–H and O–H groups in total. The summed E-state index contributed by atoms with van der Waals surface area (Å²) in [4.78, 5) is 22.9. The first kappa shape index (κ1) is 12.6. The van der Waals surface area contributed by atoms with Crippen molar-refractivity contribution in [3.8, 4) is 0 Å². The fourth-order valence-electron chi connectivity index (χ4n) is 1.60. The number of carbonyl (C=O) groups is 2. The maximum Gasteiger partial charge on any atom is 0.230 e. The highest BCUT2D eigenvalue weighted by atomic mass is 16.2. The molecule has 5 heteroatoms. The van der Waals surface area contributed by atoms with Crippen molar-refractivity contribution in [1.29, 1.82) is 0 Å². The Hall–Kier alpha value is -1.88. The van der Waals surface area contributed by atoms with Crippen molar-refractivity contribution in [3.63, 3.8) is 0 Å². The molecule has 0 radical (unpaired) electrons. The lowest BCUT2D eigenvalue weighted by Gasteiger charge is -2.25. The topological polar surface area (TPSA) is 70.2 Å². The van der Waals surface area contributed by atoms with E-state index in [1.54, 1.807) is 31.2 Å². The van der Waals surface area contributed by atoms with E-state index in [4.69, 9.17) is 0 Å². The average molecular weight is 247 g/mol. The SMILES string of the molecule is CCC(=O)Nc1ccc(NC(=O)C2CNC2)cc1. The van der Waals surface area contributed by atoms with Crippen molar-refractivity contribution in [3.05, 3.63) is 24.3 Å². The molecule has 2 rings (SSSR count). The summed E-state index contributed by atoms with van der Waals surface area (Å²) in [5, 5.41) is 8.66. The molecule has 0 bridgehead atoms. The third-order valence-electron chi connectivity index (χ3n) is 2.91. The van der Waals surface area contributed by atoms with E-state index in [0.717, 1.165) is 24.5 Å². The third-order valence-corrected chi connectivity index (χ3v) is 2.91. The van der Waals surface area contributed by atoms with Gasteiger partial charge in [-0.15, -0.1) is 0 Å². The summed E-state index contributed by atoms with van der Waals surface area (Å²) >= 11 is 0. The molecular formula is C13H17N3O2. The van der Waals surface area contributed by atoms with Crippen LogP contribution in [0.25, 0.3) is 0 Å². The molecule has 2 amide bonds. The fraction of sp³-hybridized carbons (Fsp3) is 0.385. The van der Waals surface area contributed by atoms with Crippen LogP contribution < -0.4 is 16.0 Å². The molecule has 0 aromatic heterocycles. The molecule has 1 heterocycles. The predicted molar refractivity (Wildman–Crippen MR) is 70.4 cm³/mol. The van der Waals surface area contributed by atoms with Gasteiger partial charge >= 0.3 is 0 Å². The second-order valence-electron chi connectivity index (χ2n) is 4.32. The van der Waals surface area contributed by atoms with Gasteiger partial charge in [-0.3, -0.25) is 9.59 Å². The molecule has 18 heavy (non-hydrogen) atoms. The van der Waals surface area contributed by atoms with E-state index in [2.05, 4.69) is 16.0 Å². The molecule has 1 aliphatic rings. The van der Waals surface area contributed by atoms with E-state index in [1.807, 2.05) is 0 Å². The molecule has 0 spiro atoms. The van der Waals surface area contributed by atoms with E-state index in [1.165, 1.54) is 0 Å². The average Bonchev–Trinajstić information content (AvgIpc) is 2.29. The molecule has 0 aliphatic carbocycles. The standard InChI is InChI=1S/C13H17N3O2/c1-2-12(17)15-10-3-5-11(6-4-10)16-13(18)9-7-14-8-9/h3-6,9,14H,2,7-8H2,1H3,(H,15,17)(H,16,18). The van der Waals surface area contributed by atoms with E-state index < -0.39 is 0 Å². The van der Waals surface area contributed by atoms with Gasteiger partial charge in [0.05, 0.1) is 5.92 Å². The Morgan fingerprint density at radius 3 is 2.17 bits per heavy atom. The number of carbonyl (C=O) groups excluding carboxylic acids is 2. The van der Waals surface area contributed by atoms with Crippen molar-refractivity contribution in [2.75, 3.05) is 23.7 Å². The first-order chi connectivity index (χ1) is 8.69. The van der Waals surface area contributed by atoms with Gasteiger partial charge in [-0.2, -0.15) is 0 Å². The molecule has 0 unspecified atom stereocenters. The first-order valence-electron chi connectivity index (χ1n) is 6.10. The van der Waals surface area contributed by atoms with Crippen LogP contribution in [0.1, 0.15) is 13.3 Å². The van der Waals surface area contributed by atoms with Gasteiger partial charge in [-0.05, 0) is 24.3 Å². The number of amides is 2. The Bertz CT molecular complexity index is 438. The van der Waals surface area contributed by atoms with E-state index in [9.17, 15) is 9.59 Å². The minimum absolute atomic E-state index is 0.0210. The van der Waals surface area contributed by atoms with Gasteiger partial charge in [0.25, 0.3) is 0 Å². The maximum atomic E-state index is 11.7. The maximum absolute atomic E-state index is 11.7. The highest BCUT2D eigenvalue weighted by molar-refractivity contribution is 5.94. The minimum Gasteiger partial charge on any atom is -0.326 e. The summed E-state index contributed by atoms with van der Waals surface area (Å²) in [6.45, 7) is 3.30. The summed E-state index contributed by atoms with van der Waals surface area (Å²) in [7, 11) is 0. The number of anilines is 2. The molecule has 1 fully saturated rings. The molecule has 96 valence electrons. The van der Waals surface area contributed by atoms with Gasteiger partial charge in [-0.25, -0.2) is 0 Å². The highest BCUT2D eigenvalue weighted by Crippen LogP contribution is 2.15. The Labute approximate surface area is 106 Å². The van der Waals surface area contributed by atoms with Gasteiger partial charge in [0.15, 0.2) is 0 Å². The Kier molecular flexibility index (Phi) is 3.94. The largest absolute Gasteiger partial charge is 0.326 e. The number of hydrogen-bond acceptors (Lipinski definition) is 3. The van der Waals surface area contributed by atoms with Crippen molar-refractivity contribution >= 4 is 23.2 Å². The zero-order chi connectivity index (χ0) is 13.0. The molecule has 1 aliphatic heterocycles. The van der Waals surface area contributed by atoms with Crippen LogP contribution in [-0.4, -0.2) is 24.9 Å². The van der Waals surface area contributed by atoms with Crippen LogP contribution in [0.3, 0.4) is 0 Å². The van der Waals surface area contributed by atoms with Gasteiger partial charge in [0.1, 0.15) is 0 Å². The number of nitrogens with one attached hydrogen (secondary N) is 3. The van der Waals surface area contributed by atoms with Crippen molar-refractivity contribution in [1.82, 2.24) is 5.32 Å². The second kappa shape index (κ2) is 5.64. The molecule has 5 nitrogen and oxygen atoms in total. The monoisotopic (exact) mass is 247 g/mol. The molecule has 1 saturated heterocycles. The summed E-state index contributed by atoms with van der Waals surface area (Å²) in [5.41, 5.74) is 1.49. The lowest BCUT2D eigenvalue weighted by molar-refractivity contribution is -0.121. The van der Waals surface area contributed by atoms with Crippen molar-refractivity contribution < 1.29 is 9.59 Å². The zero-order valence-corrected chi connectivity index (χ0v) is 10.3. The zero-order valence-electron chi connectivity index (χ0n) is 10.3. The van der Waals surface area contributed by atoms with Crippen LogP contribution in [0.4, 0.5) is 11.4 Å². The van der Waals surface area contributed by atoms with Gasteiger partial charge in [0, 0.05) is 30.9 Å². The summed E-state index contributed by atoms with van der Waals surface area (Å²) < 4.78 is 0. The Morgan fingerprint density at radius 1 is 1.17 bits per heavy atom. The second-order valence-corrected chi connectivity index (χ2v) is 4.32. The lowest BCUT2D eigenvalue weighted by atomic mass is 10.0. The van der Waals surface area contributed by atoms with Crippen molar-refractivity contribution in [2.24, 2.45) is 5.92 Å².